The Hall–Kier alpha value is -2.03. The van der Waals surface area contributed by atoms with E-state index in [0.717, 1.165) is 24.5 Å². The molecule has 0 aliphatic carbocycles. The van der Waals surface area contributed by atoms with E-state index < -0.39 is 0 Å². The summed E-state index contributed by atoms with van der Waals surface area (Å²) < 4.78 is 5.58. The van der Waals surface area contributed by atoms with Gasteiger partial charge in [0.2, 0.25) is 0 Å². The monoisotopic (exact) mass is 226 g/mol. The Labute approximate surface area is 100 Å². The Morgan fingerprint density at radius 1 is 1.18 bits per heavy atom. The molecule has 0 unspecified atom stereocenters. The van der Waals surface area contributed by atoms with Crippen LogP contribution in [0.2, 0.25) is 0 Å². The first-order valence-electron chi connectivity index (χ1n) is 5.81. The van der Waals surface area contributed by atoms with Gasteiger partial charge in [-0.3, -0.25) is 0 Å². The number of nitrogens with one attached hydrogen (secondary N) is 1. The lowest BCUT2D eigenvalue weighted by molar-refractivity contribution is 0.321. The van der Waals surface area contributed by atoms with E-state index in [-0.39, 0.29) is 0 Å². The molecule has 0 saturated carbocycles. The average molecular weight is 226 g/mol. The summed E-state index contributed by atoms with van der Waals surface area (Å²) >= 11 is 0. The number of hydrogen-bond donors (Lipinski definition) is 1. The molecule has 1 aromatic carbocycles. The van der Waals surface area contributed by atoms with E-state index in [2.05, 4.69) is 40.6 Å². The largest absolute Gasteiger partial charge is 0.488 e. The number of aromatic nitrogens is 1. The van der Waals surface area contributed by atoms with Crippen LogP contribution in [0.1, 0.15) is 11.1 Å². The number of pyridine rings is 1. The van der Waals surface area contributed by atoms with E-state index >= 15 is 0 Å². The highest BCUT2D eigenvalue weighted by Gasteiger charge is 2.11. The van der Waals surface area contributed by atoms with E-state index in [1.165, 1.54) is 11.1 Å². The van der Waals surface area contributed by atoms with Crippen molar-refractivity contribution in [1.29, 1.82) is 0 Å². The molecule has 3 heteroatoms. The molecule has 0 amide bonds. The fourth-order valence-electron chi connectivity index (χ4n) is 1.99. The molecule has 1 aliphatic rings. The number of fused-ring (bicyclic) bond motifs is 1. The van der Waals surface area contributed by atoms with Crippen molar-refractivity contribution in [3.63, 3.8) is 0 Å². The second-order valence-corrected chi connectivity index (χ2v) is 4.13. The molecule has 2 heterocycles. The van der Waals surface area contributed by atoms with Gasteiger partial charge in [-0.05, 0) is 23.6 Å². The summed E-state index contributed by atoms with van der Waals surface area (Å²) in [5, 5.41) is 3.22. The standard InChI is InChI=1S/C14H14N2O/c1-2-4-11(5-3-1)8-12-9-13-14(16-10-12)15-6-7-17-13/h1-5,9-10H,6-8H2,(H,15,16). The summed E-state index contributed by atoms with van der Waals surface area (Å²) in [6, 6.07) is 12.5. The maximum absolute atomic E-state index is 5.58. The third kappa shape index (κ3) is 2.23. The van der Waals surface area contributed by atoms with Gasteiger partial charge in [0.25, 0.3) is 0 Å². The van der Waals surface area contributed by atoms with Crippen LogP contribution in [0.5, 0.6) is 5.75 Å². The van der Waals surface area contributed by atoms with Crippen LogP contribution in [0.15, 0.2) is 42.6 Å². The number of benzene rings is 1. The van der Waals surface area contributed by atoms with Crippen molar-refractivity contribution in [3.8, 4) is 5.75 Å². The smallest absolute Gasteiger partial charge is 0.168 e. The first kappa shape index (κ1) is 10.1. The first-order chi connectivity index (χ1) is 8.42. The molecule has 0 atom stereocenters. The molecular weight excluding hydrogens is 212 g/mol. The predicted octanol–water partition coefficient (Wildman–Crippen LogP) is 2.48. The quantitative estimate of drug-likeness (QED) is 0.854. The zero-order valence-corrected chi connectivity index (χ0v) is 9.52. The highest BCUT2D eigenvalue weighted by Crippen LogP contribution is 2.26. The van der Waals surface area contributed by atoms with Crippen molar-refractivity contribution >= 4 is 5.82 Å². The summed E-state index contributed by atoms with van der Waals surface area (Å²) in [6.45, 7) is 1.54. The summed E-state index contributed by atoms with van der Waals surface area (Å²) in [5.74, 6) is 1.72. The van der Waals surface area contributed by atoms with E-state index in [1.807, 2.05) is 12.3 Å². The van der Waals surface area contributed by atoms with Gasteiger partial charge in [0.05, 0.1) is 6.54 Å². The van der Waals surface area contributed by atoms with Crippen LogP contribution in [-0.4, -0.2) is 18.1 Å². The van der Waals surface area contributed by atoms with Gasteiger partial charge < -0.3 is 10.1 Å². The number of nitrogens with zero attached hydrogens (tertiary/aromatic N) is 1. The van der Waals surface area contributed by atoms with E-state index in [9.17, 15) is 0 Å². The van der Waals surface area contributed by atoms with Gasteiger partial charge in [-0.25, -0.2) is 4.98 Å². The molecule has 1 aliphatic heterocycles. The zero-order valence-electron chi connectivity index (χ0n) is 9.52. The SMILES string of the molecule is c1ccc(Cc2cnc3c(c2)OCCN3)cc1. The third-order valence-electron chi connectivity index (χ3n) is 2.81. The van der Waals surface area contributed by atoms with Crippen LogP contribution in [0.4, 0.5) is 5.82 Å². The summed E-state index contributed by atoms with van der Waals surface area (Å²) in [4.78, 5) is 4.38. The minimum Gasteiger partial charge on any atom is -0.488 e. The van der Waals surface area contributed by atoms with Crippen molar-refractivity contribution in [2.45, 2.75) is 6.42 Å². The van der Waals surface area contributed by atoms with Gasteiger partial charge in [0, 0.05) is 6.20 Å². The summed E-state index contributed by atoms with van der Waals surface area (Å²) in [6.07, 6.45) is 2.80. The molecule has 1 aromatic heterocycles. The summed E-state index contributed by atoms with van der Waals surface area (Å²) in [5.41, 5.74) is 2.47. The second kappa shape index (κ2) is 4.45. The van der Waals surface area contributed by atoms with Crippen molar-refractivity contribution in [3.05, 3.63) is 53.7 Å². The molecule has 0 radical (unpaired) electrons. The molecule has 1 N–H and O–H groups in total. The average Bonchev–Trinajstić information content (AvgIpc) is 2.40. The lowest BCUT2D eigenvalue weighted by Gasteiger charge is -2.18. The van der Waals surface area contributed by atoms with Gasteiger partial charge >= 0.3 is 0 Å². The highest BCUT2D eigenvalue weighted by molar-refractivity contribution is 5.52. The van der Waals surface area contributed by atoms with Crippen LogP contribution in [0, 0.1) is 0 Å². The maximum Gasteiger partial charge on any atom is 0.168 e. The minimum atomic E-state index is 0.712. The van der Waals surface area contributed by atoms with E-state index in [4.69, 9.17) is 4.74 Å². The minimum absolute atomic E-state index is 0.712. The Morgan fingerprint density at radius 3 is 2.94 bits per heavy atom. The molecule has 3 rings (SSSR count). The van der Waals surface area contributed by atoms with Gasteiger partial charge in [-0.15, -0.1) is 0 Å². The van der Waals surface area contributed by atoms with Crippen molar-refractivity contribution < 1.29 is 4.74 Å². The van der Waals surface area contributed by atoms with Crippen LogP contribution in [0.3, 0.4) is 0 Å². The number of anilines is 1. The lowest BCUT2D eigenvalue weighted by Crippen LogP contribution is -2.19. The second-order valence-electron chi connectivity index (χ2n) is 4.13. The highest BCUT2D eigenvalue weighted by atomic mass is 16.5. The molecule has 0 spiro atoms. The molecule has 0 bridgehead atoms. The molecule has 2 aromatic rings. The Bertz CT molecular complexity index is 511. The molecular formula is C14H14N2O. The fourth-order valence-corrected chi connectivity index (χ4v) is 1.99. The first-order valence-corrected chi connectivity index (χ1v) is 5.81. The van der Waals surface area contributed by atoms with E-state index in [0.29, 0.717) is 6.61 Å². The fraction of sp³-hybridized carbons (Fsp3) is 0.214. The molecule has 86 valence electrons. The Balaban J connectivity index is 1.84. The van der Waals surface area contributed by atoms with Gasteiger partial charge in [0.15, 0.2) is 11.6 Å². The van der Waals surface area contributed by atoms with Crippen LogP contribution < -0.4 is 10.1 Å². The third-order valence-corrected chi connectivity index (χ3v) is 2.81. The van der Waals surface area contributed by atoms with Gasteiger partial charge in [-0.2, -0.15) is 0 Å². The van der Waals surface area contributed by atoms with Crippen molar-refractivity contribution in [2.24, 2.45) is 0 Å². The molecule has 0 fully saturated rings. The molecule has 0 saturated heterocycles. The lowest BCUT2D eigenvalue weighted by atomic mass is 10.1. The number of ether oxygens (including phenoxy) is 1. The Morgan fingerprint density at radius 2 is 2.06 bits per heavy atom. The maximum atomic E-state index is 5.58. The van der Waals surface area contributed by atoms with Crippen molar-refractivity contribution in [1.82, 2.24) is 4.98 Å². The molecule has 3 nitrogen and oxygen atoms in total. The van der Waals surface area contributed by atoms with Crippen LogP contribution >= 0.6 is 0 Å². The van der Waals surface area contributed by atoms with Crippen LogP contribution in [-0.2, 0) is 6.42 Å². The predicted molar refractivity (Wildman–Crippen MR) is 67.5 cm³/mol. The van der Waals surface area contributed by atoms with Crippen LogP contribution in [0.25, 0.3) is 0 Å². The number of rotatable bonds is 2. The Kier molecular flexibility index (Phi) is 2.66. The summed E-state index contributed by atoms with van der Waals surface area (Å²) in [7, 11) is 0. The topological polar surface area (TPSA) is 34.1 Å². The van der Waals surface area contributed by atoms with Crippen molar-refractivity contribution in [2.75, 3.05) is 18.5 Å². The van der Waals surface area contributed by atoms with Gasteiger partial charge in [0.1, 0.15) is 6.61 Å². The zero-order chi connectivity index (χ0) is 11.5. The number of hydrogen-bond acceptors (Lipinski definition) is 3. The normalized spacial score (nSPS) is 13.4. The molecule has 17 heavy (non-hydrogen) atoms. The van der Waals surface area contributed by atoms with E-state index in [1.54, 1.807) is 0 Å². The van der Waals surface area contributed by atoms with Gasteiger partial charge in [-0.1, -0.05) is 30.3 Å².